The number of anilines is 2. The Bertz CT molecular complexity index is 1310. The lowest BCUT2D eigenvalue weighted by Crippen LogP contribution is -2.30. The molecule has 5 rings (SSSR count). The third kappa shape index (κ3) is 5.18. The molecule has 0 unspecified atom stereocenters. The quantitative estimate of drug-likeness (QED) is 0.305. The molecule has 1 aliphatic carbocycles. The number of aryl methyl sites for hydroxylation is 1. The Morgan fingerprint density at radius 3 is 2.48 bits per heavy atom. The molecule has 0 saturated heterocycles. The molecule has 3 N–H and O–H groups in total. The molecule has 0 spiro atoms. The van der Waals surface area contributed by atoms with Crippen molar-refractivity contribution in [3.8, 4) is 0 Å². The third-order valence-corrected chi connectivity index (χ3v) is 7.06. The van der Waals surface area contributed by atoms with Gasteiger partial charge >= 0.3 is 6.03 Å². The third-order valence-electron chi connectivity index (χ3n) is 5.07. The van der Waals surface area contributed by atoms with Crippen molar-refractivity contribution < 1.29 is 14.0 Å². The second-order valence-corrected chi connectivity index (χ2v) is 10.1. The Morgan fingerprint density at radius 1 is 1.06 bits per heavy atom. The summed E-state index contributed by atoms with van der Waals surface area (Å²) >= 11 is 3.05. The van der Waals surface area contributed by atoms with Crippen molar-refractivity contribution >= 4 is 57.4 Å². The van der Waals surface area contributed by atoms with Crippen LogP contribution in [0.1, 0.15) is 34.0 Å². The number of para-hydroxylation sites is 1. The smallest absolute Gasteiger partial charge is 0.319 e. The van der Waals surface area contributed by atoms with Crippen LogP contribution in [0.4, 0.5) is 16.2 Å². The maximum atomic E-state index is 13.1. The number of thioether (sulfide) groups is 1. The van der Waals surface area contributed by atoms with Crippen LogP contribution in [0.25, 0.3) is 11.0 Å². The minimum absolute atomic E-state index is 0.218. The number of hydrogen-bond donors (Lipinski definition) is 3. The highest BCUT2D eigenvalue weighted by Crippen LogP contribution is 2.33. The summed E-state index contributed by atoms with van der Waals surface area (Å²) in [5.41, 5.74) is 2.73. The van der Waals surface area contributed by atoms with E-state index in [0.717, 1.165) is 33.1 Å². The molecule has 1 saturated carbocycles. The maximum absolute atomic E-state index is 13.1. The second kappa shape index (κ2) is 9.24. The summed E-state index contributed by atoms with van der Waals surface area (Å²) in [5, 5.41) is 18.6. The number of carbonyl (C=O) groups excluding carboxylic acids is 2. The highest BCUT2D eigenvalue weighted by Gasteiger charge is 2.23. The molecule has 2 aromatic heterocycles. The van der Waals surface area contributed by atoms with Gasteiger partial charge < -0.3 is 20.4 Å². The fourth-order valence-electron chi connectivity index (χ4n) is 3.30. The van der Waals surface area contributed by atoms with Crippen molar-refractivity contribution in [1.82, 2.24) is 15.5 Å². The van der Waals surface area contributed by atoms with E-state index in [1.165, 1.54) is 23.1 Å². The zero-order valence-corrected chi connectivity index (χ0v) is 19.4. The molecule has 0 atom stereocenters. The normalized spacial score (nSPS) is 13.1. The number of benzene rings is 2. The molecule has 0 bridgehead atoms. The van der Waals surface area contributed by atoms with Crippen LogP contribution in [0.3, 0.4) is 0 Å². The first-order valence-electron chi connectivity index (χ1n) is 10.5. The van der Waals surface area contributed by atoms with Crippen molar-refractivity contribution in [3.05, 3.63) is 64.9 Å². The van der Waals surface area contributed by atoms with Gasteiger partial charge in [-0.3, -0.25) is 4.79 Å². The lowest BCUT2D eigenvalue weighted by Gasteiger charge is -2.08. The van der Waals surface area contributed by atoms with E-state index in [-0.39, 0.29) is 23.7 Å². The first-order valence-corrected chi connectivity index (χ1v) is 12.3. The van der Waals surface area contributed by atoms with Gasteiger partial charge in [0.1, 0.15) is 10.6 Å². The lowest BCUT2D eigenvalue weighted by atomic mass is 10.1. The molecule has 2 heterocycles. The monoisotopic (exact) mass is 479 g/mol. The van der Waals surface area contributed by atoms with Gasteiger partial charge in [-0.25, -0.2) is 4.79 Å². The Kier molecular flexibility index (Phi) is 6.01. The molecule has 8 nitrogen and oxygen atoms in total. The van der Waals surface area contributed by atoms with Crippen molar-refractivity contribution in [3.63, 3.8) is 0 Å². The predicted octanol–water partition coefficient (Wildman–Crippen LogP) is 5.42. The number of rotatable bonds is 7. The van der Waals surface area contributed by atoms with Crippen molar-refractivity contribution in [2.24, 2.45) is 0 Å². The van der Waals surface area contributed by atoms with E-state index < -0.39 is 0 Å². The number of aromatic nitrogens is 2. The number of hydrogen-bond acceptors (Lipinski definition) is 7. The lowest BCUT2D eigenvalue weighted by molar-refractivity contribution is 0.0998. The molecule has 168 valence electrons. The first-order chi connectivity index (χ1) is 16.0. The van der Waals surface area contributed by atoms with Gasteiger partial charge in [0, 0.05) is 34.1 Å². The molecular weight excluding hydrogens is 458 g/mol. The van der Waals surface area contributed by atoms with E-state index in [1.54, 1.807) is 24.3 Å². The van der Waals surface area contributed by atoms with Gasteiger partial charge in [0.2, 0.25) is 0 Å². The molecule has 0 radical (unpaired) electrons. The topological polar surface area (TPSA) is 109 Å². The summed E-state index contributed by atoms with van der Waals surface area (Å²) in [5.74, 6) is 0.478. The van der Waals surface area contributed by atoms with E-state index in [0.29, 0.717) is 22.7 Å². The zero-order chi connectivity index (χ0) is 22.8. The fourth-order valence-corrected chi connectivity index (χ4v) is 5.14. The summed E-state index contributed by atoms with van der Waals surface area (Å²) in [4.78, 5) is 25.0. The zero-order valence-electron chi connectivity index (χ0n) is 17.8. The summed E-state index contributed by atoms with van der Waals surface area (Å²) in [6.45, 7) is 1.91. The Hall–Kier alpha value is -3.37. The van der Waals surface area contributed by atoms with Gasteiger partial charge in [-0.2, -0.15) is 0 Å². The van der Waals surface area contributed by atoms with Gasteiger partial charge in [-0.05, 0) is 50.1 Å². The summed E-state index contributed by atoms with van der Waals surface area (Å²) < 4.78 is 6.77. The molecule has 33 heavy (non-hydrogen) atoms. The maximum Gasteiger partial charge on any atom is 0.319 e. The van der Waals surface area contributed by atoms with Gasteiger partial charge in [0.15, 0.2) is 10.1 Å². The van der Waals surface area contributed by atoms with E-state index >= 15 is 0 Å². The number of nitrogens with zero attached hydrogens (tertiary/aromatic N) is 2. The van der Waals surface area contributed by atoms with Crippen molar-refractivity contribution in [2.75, 3.05) is 10.6 Å². The van der Waals surface area contributed by atoms with E-state index in [1.807, 2.05) is 31.2 Å². The van der Waals surface area contributed by atoms with Crippen molar-refractivity contribution in [1.29, 1.82) is 0 Å². The number of furan rings is 1. The number of urea groups is 1. The molecular formula is C23H21N5O3S2. The average Bonchev–Trinajstić information content (AvgIpc) is 3.39. The number of fused-ring (bicyclic) bond motifs is 1. The molecule has 4 aromatic rings. The number of nitrogens with one attached hydrogen (secondary N) is 3. The number of carbonyl (C=O) groups is 2. The van der Waals surface area contributed by atoms with Crippen LogP contribution in [0.5, 0.6) is 0 Å². The van der Waals surface area contributed by atoms with Crippen LogP contribution >= 0.6 is 23.1 Å². The minimum atomic E-state index is -0.331. The average molecular weight is 480 g/mol. The van der Waals surface area contributed by atoms with E-state index in [2.05, 4.69) is 26.1 Å². The Balaban J connectivity index is 1.30. The SMILES string of the molecule is Cc1nnc(SCc2c(C(=O)Nc3ccc(NC(=O)NC4CC4)cc3)oc3ccccc23)s1. The van der Waals surface area contributed by atoms with Gasteiger partial charge in [-0.15, -0.1) is 10.2 Å². The van der Waals surface area contributed by atoms with E-state index in [9.17, 15) is 9.59 Å². The van der Waals surface area contributed by atoms with Crippen LogP contribution < -0.4 is 16.0 Å². The molecule has 2 aromatic carbocycles. The van der Waals surface area contributed by atoms with Crippen molar-refractivity contribution in [2.45, 2.75) is 35.9 Å². The fraction of sp³-hybridized carbons (Fsp3) is 0.217. The van der Waals surface area contributed by atoms with Gasteiger partial charge in [0.25, 0.3) is 5.91 Å². The van der Waals surface area contributed by atoms with Gasteiger partial charge in [-0.1, -0.05) is 41.3 Å². The van der Waals surface area contributed by atoms with Crippen LogP contribution in [-0.2, 0) is 5.75 Å². The summed E-state index contributed by atoms with van der Waals surface area (Å²) in [6.07, 6.45) is 2.06. The summed E-state index contributed by atoms with van der Waals surface area (Å²) in [7, 11) is 0. The molecule has 1 fully saturated rings. The molecule has 0 aliphatic heterocycles. The first kappa shape index (κ1) is 21.5. The summed E-state index contributed by atoms with van der Waals surface area (Å²) in [6, 6.07) is 14.6. The van der Waals surface area contributed by atoms with Crippen LogP contribution in [0.2, 0.25) is 0 Å². The molecule has 10 heteroatoms. The van der Waals surface area contributed by atoms with Gasteiger partial charge in [0.05, 0.1) is 0 Å². The Morgan fingerprint density at radius 2 is 1.79 bits per heavy atom. The minimum Gasteiger partial charge on any atom is -0.451 e. The molecule has 3 amide bonds. The van der Waals surface area contributed by atoms with Crippen LogP contribution in [-0.4, -0.2) is 28.2 Å². The van der Waals surface area contributed by atoms with Crippen LogP contribution in [0.15, 0.2) is 57.3 Å². The second-order valence-electron chi connectivity index (χ2n) is 7.69. The highest BCUT2D eigenvalue weighted by atomic mass is 32.2. The predicted molar refractivity (Wildman–Crippen MR) is 130 cm³/mol. The van der Waals surface area contributed by atoms with E-state index in [4.69, 9.17) is 4.42 Å². The molecule has 1 aliphatic rings. The largest absolute Gasteiger partial charge is 0.451 e. The highest BCUT2D eigenvalue weighted by molar-refractivity contribution is 8.00. The Labute approximate surface area is 198 Å². The number of amides is 3. The van der Waals surface area contributed by atoms with Crippen LogP contribution in [0, 0.1) is 6.92 Å². The standard InChI is InChI=1S/C23H21N5O3S2/c1-13-27-28-23(33-13)32-12-18-17-4-2-3-5-19(17)31-20(18)21(29)24-14-6-8-15(9-7-14)25-22(30)26-16-10-11-16/h2-9,16H,10-12H2,1H3,(H,24,29)(H2,25,26,30).